The number of nitrogens with zero attached hydrogens (tertiary/aromatic N) is 3. The monoisotopic (exact) mass is 245 g/mol. The zero-order valence-electron chi connectivity index (χ0n) is 9.60. The summed E-state index contributed by atoms with van der Waals surface area (Å²) in [7, 11) is 0. The van der Waals surface area contributed by atoms with Gasteiger partial charge in [0.1, 0.15) is 17.5 Å². The van der Waals surface area contributed by atoms with Gasteiger partial charge < -0.3 is 4.42 Å². The van der Waals surface area contributed by atoms with Gasteiger partial charge in [0.2, 0.25) is 0 Å². The Morgan fingerprint density at radius 2 is 2.29 bits per heavy atom. The number of rotatable bonds is 3. The standard InChI is InChI=1S/C12H11N3OS/c1-8-9(2)16-12(15-8)17-7-10-3-4-14-11(5-10)6-13/h3-5H,7H2,1-2H3. The van der Waals surface area contributed by atoms with Crippen LogP contribution in [0.15, 0.2) is 28.0 Å². The van der Waals surface area contributed by atoms with Gasteiger partial charge in [-0.15, -0.1) is 0 Å². The van der Waals surface area contributed by atoms with Gasteiger partial charge in [-0.25, -0.2) is 9.97 Å². The van der Waals surface area contributed by atoms with Gasteiger partial charge in [-0.2, -0.15) is 5.26 Å². The molecule has 0 unspecified atom stereocenters. The van der Waals surface area contributed by atoms with Crippen LogP contribution in [0.3, 0.4) is 0 Å². The lowest BCUT2D eigenvalue weighted by molar-refractivity contribution is 0.431. The van der Waals surface area contributed by atoms with E-state index in [1.807, 2.05) is 26.0 Å². The predicted molar refractivity (Wildman–Crippen MR) is 64.5 cm³/mol. The molecule has 0 amide bonds. The first-order chi connectivity index (χ1) is 8.19. The Hall–Kier alpha value is -1.80. The van der Waals surface area contributed by atoms with E-state index in [0.717, 1.165) is 22.8 Å². The fraction of sp³-hybridized carbons (Fsp3) is 0.250. The molecule has 2 aromatic heterocycles. The van der Waals surface area contributed by atoms with Gasteiger partial charge in [0.25, 0.3) is 5.22 Å². The predicted octanol–water partition coefficient (Wildman–Crippen LogP) is 2.85. The molecular weight excluding hydrogens is 234 g/mol. The number of aryl methyl sites for hydroxylation is 2. The summed E-state index contributed by atoms with van der Waals surface area (Å²) in [6.45, 7) is 3.82. The summed E-state index contributed by atoms with van der Waals surface area (Å²) in [5, 5.41) is 9.40. The minimum absolute atomic E-state index is 0.433. The van der Waals surface area contributed by atoms with Crippen molar-refractivity contribution < 1.29 is 4.42 Å². The average molecular weight is 245 g/mol. The van der Waals surface area contributed by atoms with Crippen LogP contribution in [0.1, 0.15) is 22.7 Å². The molecule has 0 fully saturated rings. The molecule has 0 atom stereocenters. The Kier molecular flexibility index (Phi) is 3.45. The maximum atomic E-state index is 8.74. The molecule has 5 heteroatoms. The molecule has 0 saturated carbocycles. The van der Waals surface area contributed by atoms with Crippen molar-refractivity contribution in [3.63, 3.8) is 0 Å². The SMILES string of the molecule is Cc1nc(SCc2ccnc(C#N)c2)oc1C. The third-order valence-electron chi connectivity index (χ3n) is 2.31. The number of oxazole rings is 1. The highest BCUT2D eigenvalue weighted by Crippen LogP contribution is 2.23. The van der Waals surface area contributed by atoms with Gasteiger partial charge in [0, 0.05) is 11.9 Å². The molecule has 2 aromatic rings. The van der Waals surface area contributed by atoms with Crippen LogP contribution < -0.4 is 0 Å². The van der Waals surface area contributed by atoms with Gasteiger partial charge in [-0.1, -0.05) is 11.8 Å². The van der Waals surface area contributed by atoms with Gasteiger partial charge >= 0.3 is 0 Å². The van der Waals surface area contributed by atoms with E-state index in [4.69, 9.17) is 9.68 Å². The molecule has 2 heterocycles. The third-order valence-corrected chi connectivity index (χ3v) is 3.21. The van der Waals surface area contributed by atoms with Gasteiger partial charge in [0.15, 0.2) is 0 Å². The fourth-order valence-corrected chi connectivity index (χ4v) is 2.13. The Labute approximate surface area is 104 Å². The molecule has 0 spiro atoms. The van der Waals surface area contributed by atoms with Crippen LogP contribution in [0.5, 0.6) is 0 Å². The number of aromatic nitrogens is 2. The summed E-state index contributed by atoms with van der Waals surface area (Å²) in [5.41, 5.74) is 2.39. The van der Waals surface area contributed by atoms with E-state index in [9.17, 15) is 0 Å². The minimum Gasteiger partial charge on any atom is -0.437 e. The molecule has 0 aromatic carbocycles. The van der Waals surface area contributed by atoms with Crippen molar-refractivity contribution >= 4 is 11.8 Å². The second-order valence-corrected chi connectivity index (χ2v) is 4.50. The maximum absolute atomic E-state index is 8.74. The zero-order chi connectivity index (χ0) is 12.3. The molecule has 0 aliphatic heterocycles. The summed E-state index contributed by atoms with van der Waals surface area (Å²) in [6.07, 6.45) is 1.64. The Bertz CT molecular complexity index is 552. The van der Waals surface area contributed by atoms with Crippen LogP contribution in [0.2, 0.25) is 0 Å². The fourth-order valence-electron chi connectivity index (χ4n) is 1.28. The summed E-state index contributed by atoms with van der Waals surface area (Å²) >= 11 is 1.51. The number of nitriles is 1. The summed E-state index contributed by atoms with van der Waals surface area (Å²) < 4.78 is 5.46. The van der Waals surface area contributed by atoms with Crippen molar-refractivity contribution in [1.29, 1.82) is 5.26 Å². The number of hydrogen-bond donors (Lipinski definition) is 0. The molecule has 0 N–H and O–H groups in total. The smallest absolute Gasteiger partial charge is 0.256 e. The average Bonchev–Trinajstić information content (AvgIpc) is 2.67. The lowest BCUT2D eigenvalue weighted by Gasteiger charge is -1.98. The van der Waals surface area contributed by atoms with E-state index in [1.54, 1.807) is 12.3 Å². The van der Waals surface area contributed by atoms with E-state index >= 15 is 0 Å². The topological polar surface area (TPSA) is 62.7 Å². The van der Waals surface area contributed by atoms with Crippen LogP contribution in [-0.4, -0.2) is 9.97 Å². The van der Waals surface area contributed by atoms with E-state index in [0.29, 0.717) is 10.9 Å². The van der Waals surface area contributed by atoms with E-state index in [1.165, 1.54) is 11.8 Å². The highest BCUT2D eigenvalue weighted by atomic mass is 32.2. The Morgan fingerprint density at radius 3 is 2.94 bits per heavy atom. The summed E-state index contributed by atoms with van der Waals surface area (Å²) in [6, 6.07) is 5.68. The van der Waals surface area contributed by atoms with Crippen molar-refractivity contribution in [3.8, 4) is 6.07 Å². The van der Waals surface area contributed by atoms with Crippen LogP contribution in [0, 0.1) is 25.2 Å². The highest BCUT2D eigenvalue weighted by Gasteiger charge is 2.06. The molecule has 17 heavy (non-hydrogen) atoms. The zero-order valence-corrected chi connectivity index (χ0v) is 10.4. The van der Waals surface area contributed by atoms with Crippen LogP contribution >= 0.6 is 11.8 Å². The molecule has 0 radical (unpaired) electrons. The van der Waals surface area contributed by atoms with Gasteiger partial charge in [0.05, 0.1) is 5.69 Å². The van der Waals surface area contributed by atoms with Crippen molar-refractivity contribution in [3.05, 3.63) is 41.0 Å². The van der Waals surface area contributed by atoms with Gasteiger partial charge in [-0.3, -0.25) is 0 Å². The number of thioether (sulfide) groups is 1. The van der Waals surface area contributed by atoms with Crippen LogP contribution in [-0.2, 0) is 5.75 Å². The molecule has 2 rings (SSSR count). The molecule has 0 aliphatic carbocycles. The maximum Gasteiger partial charge on any atom is 0.256 e. The second-order valence-electron chi connectivity index (χ2n) is 3.57. The third kappa shape index (κ3) is 2.86. The van der Waals surface area contributed by atoms with Crippen molar-refractivity contribution in [2.75, 3.05) is 0 Å². The second kappa shape index (κ2) is 5.02. The summed E-state index contributed by atoms with van der Waals surface area (Å²) in [5.74, 6) is 1.57. The largest absolute Gasteiger partial charge is 0.437 e. The van der Waals surface area contributed by atoms with E-state index in [-0.39, 0.29) is 0 Å². The first-order valence-electron chi connectivity index (χ1n) is 5.11. The molecule has 0 bridgehead atoms. The lowest BCUT2D eigenvalue weighted by atomic mass is 10.2. The molecule has 86 valence electrons. The minimum atomic E-state index is 0.433. The molecule has 0 saturated heterocycles. The highest BCUT2D eigenvalue weighted by molar-refractivity contribution is 7.98. The van der Waals surface area contributed by atoms with E-state index in [2.05, 4.69) is 9.97 Å². The number of hydrogen-bond acceptors (Lipinski definition) is 5. The quantitative estimate of drug-likeness (QED) is 0.778. The van der Waals surface area contributed by atoms with E-state index < -0.39 is 0 Å². The van der Waals surface area contributed by atoms with Crippen molar-refractivity contribution in [1.82, 2.24) is 9.97 Å². The van der Waals surface area contributed by atoms with Crippen LogP contribution in [0.25, 0.3) is 0 Å². The Balaban J connectivity index is 2.05. The molecular formula is C12H11N3OS. The first-order valence-corrected chi connectivity index (χ1v) is 6.09. The Morgan fingerprint density at radius 1 is 1.47 bits per heavy atom. The summed E-state index contributed by atoms with van der Waals surface area (Å²) in [4.78, 5) is 8.21. The molecule has 0 aliphatic rings. The number of pyridine rings is 1. The van der Waals surface area contributed by atoms with Crippen molar-refractivity contribution in [2.45, 2.75) is 24.8 Å². The normalized spacial score (nSPS) is 10.2. The van der Waals surface area contributed by atoms with Crippen molar-refractivity contribution in [2.24, 2.45) is 0 Å². The first kappa shape index (κ1) is 11.7. The molecule has 4 nitrogen and oxygen atoms in total. The lowest BCUT2D eigenvalue weighted by Crippen LogP contribution is -1.86. The van der Waals surface area contributed by atoms with Gasteiger partial charge in [-0.05, 0) is 31.5 Å². The van der Waals surface area contributed by atoms with Crippen LogP contribution in [0.4, 0.5) is 0 Å².